The van der Waals surface area contributed by atoms with Crippen LogP contribution < -0.4 is 5.32 Å². The van der Waals surface area contributed by atoms with Gasteiger partial charge in [0.15, 0.2) is 0 Å². The predicted octanol–water partition coefficient (Wildman–Crippen LogP) is 4.93. The lowest BCUT2D eigenvalue weighted by atomic mass is 10.0. The molecule has 0 aliphatic heterocycles. The number of nitrogens with one attached hydrogen (secondary N) is 1. The van der Waals surface area contributed by atoms with Crippen molar-refractivity contribution in [1.82, 2.24) is 15.0 Å². The van der Waals surface area contributed by atoms with Crippen LogP contribution in [0.4, 0.5) is 10.1 Å². The standard InChI is InChI=1S/C26H19FN4O5/c27-16-7-4-8-17(11-16)28-23(33)9-10-31-14-20(29-30-31)24-19-12-18(26(34)35)21(32)13-22(19)36-25(24)15-5-2-1-3-6-15/h1-8,11-14,32H,9-10H2,(H,28,33)(H,34,35). The summed E-state index contributed by atoms with van der Waals surface area (Å²) in [6.45, 7) is 0.200. The first-order valence-corrected chi connectivity index (χ1v) is 10.9. The fraction of sp³-hybridized carbons (Fsp3) is 0.0769. The van der Waals surface area contributed by atoms with Crippen molar-refractivity contribution in [3.63, 3.8) is 0 Å². The Morgan fingerprint density at radius 2 is 1.86 bits per heavy atom. The average molecular weight is 486 g/mol. The molecule has 0 aliphatic carbocycles. The number of halogens is 1. The monoisotopic (exact) mass is 486 g/mol. The highest BCUT2D eigenvalue weighted by atomic mass is 19.1. The fourth-order valence-corrected chi connectivity index (χ4v) is 3.88. The maximum Gasteiger partial charge on any atom is 0.339 e. The number of aromatic carboxylic acids is 1. The predicted molar refractivity (Wildman–Crippen MR) is 129 cm³/mol. The number of fused-ring (bicyclic) bond motifs is 1. The Balaban J connectivity index is 1.46. The molecule has 10 heteroatoms. The van der Waals surface area contributed by atoms with Gasteiger partial charge in [0, 0.05) is 29.1 Å². The summed E-state index contributed by atoms with van der Waals surface area (Å²) in [7, 11) is 0. The van der Waals surface area contributed by atoms with Gasteiger partial charge in [0.05, 0.1) is 18.3 Å². The molecule has 0 atom stereocenters. The Hall–Kier alpha value is -4.99. The van der Waals surface area contributed by atoms with Crippen molar-refractivity contribution in [3.8, 4) is 28.3 Å². The zero-order chi connectivity index (χ0) is 25.2. The van der Waals surface area contributed by atoms with E-state index in [0.717, 1.165) is 5.56 Å². The first kappa shape index (κ1) is 22.8. The second-order valence-electron chi connectivity index (χ2n) is 8.02. The molecule has 0 fully saturated rings. The zero-order valence-corrected chi connectivity index (χ0v) is 18.7. The minimum atomic E-state index is -1.28. The quantitative estimate of drug-likeness (QED) is 0.297. The molecule has 5 aromatic rings. The summed E-state index contributed by atoms with van der Waals surface area (Å²) in [6, 6.07) is 17.4. The number of carboxylic acid groups (broad SMARTS) is 1. The van der Waals surface area contributed by atoms with Crippen LogP contribution >= 0.6 is 0 Å². The summed E-state index contributed by atoms with van der Waals surface area (Å²) >= 11 is 0. The number of hydrogen-bond acceptors (Lipinski definition) is 6. The first-order valence-electron chi connectivity index (χ1n) is 10.9. The van der Waals surface area contributed by atoms with Crippen LogP contribution in [0.1, 0.15) is 16.8 Å². The molecule has 2 aromatic heterocycles. The molecule has 3 N–H and O–H groups in total. The molecule has 0 unspecified atom stereocenters. The smallest absolute Gasteiger partial charge is 0.339 e. The number of nitrogens with zero attached hydrogens (tertiary/aromatic N) is 3. The van der Waals surface area contributed by atoms with Gasteiger partial charge in [-0.25, -0.2) is 9.18 Å². The van der Waals surface area contributed by atoms with Crippen molar-refractivity contribution in [2.75, 3.05) is 5.32 Å². The van der Waals surface area contributed by atoms with Crippen molar-refractivity contribution >= 4 is 28.5 Å². The normalized spacial score (nSPS) is 11.0. The number of hydrogen-bond donors (Lipinski definition) is 3. The number of rotatable bonds is 7. The molecular weight excluding hydrogens is 467 g/mol. The summed E-state index contributed by atoms with van der Waals surface area (Å²) < 4.78 is 20.8. The number of aromatic hydroxyl groups is 1. The third kappa shape index (κ3) is 4.51. The Morgan fingerprint density at radius 1 is 1.06 bits per heavy atom. The van der Waals surface area contributed by atoms with Crippen molar-refractivity contribution in [3.05, 3.63) is 84.3 Å². The molecule has 0 radical (unpaired) electrons. The second kappa shape index (κ2) is 9.34. The largest absolute Gasteiger partial charge is 0.507 e. The van der Waals surface area contributed by atoms with Gasteiger partial charge in [0.2, 0.25) is 5.91 Å². The van der Waals surface area contributed by atoms with Crippen LogP contribution in [0.2, 0.25) is 0 Å². The molecule has 0 saturated heterocycles. The Morgan fingerprint density at radius 3 is 2.61 bits per heavy atom. The highest BCUT2D eigenvalue weighted by Gasteiger charge is 2.23. The van der Waals surface area contributed by atoms with Crippen LogP contribution in [0.3, 0.4) is 0 Å². The molecule has 3 aromatic carbocycles. The number of aromatic nitrogens is 3. The van der Waals surface area contributed by atoms with E-state index in [2.05, 4.69) is 15.6 Å². The van der Waals surface area contributed by atoms with Gasteiger partial charge in [-0.2, -0.15) is 0 Å². The lowest BCUT2D eigenvalue weighted by Gasteiger charge is -2.05. The van der Waals surface area contributed by atoms with Crippen molar-refractivity contribution < 1.29 is 28.6 Å². The molecule has 180 valence electrons. The Bertz CT molecular complexity index is 1590. The summed E-state index contributed by atoms with van der Waals surface area (Å²) in [5, 5.41) is 31.0. The molecule has 5 rings (SSSR count). The molecule has 0 saturated carbocycles. The van der Waals surface area contributed by atoms with E-state index in [9.17, 15) is 24.2 Å². The Labute approximate surface area is 203 Å². The molecule has 36 heavy (non-hydrogen) atoms. The highest BCUT2D eigenvalue weighted by Crippen LogP contribution is 2.42. The number of benzene rings is 3. The number of furan rings is 1. The molecule has 0 bridgehead atoms. The second-order valence-corrected chi connectivity index (χ2v) is 8.02. The van der Waals surface area contributed by atoms with Gasteiger partial charge in [-0.3, -0.25) is 9.48 Å². The number of aryl methyl sites for hydroxylation is 1. The average Bonchev–Trinajstić information content (AvgIpc) is 3.46. The van der Waals surface area contributed by atoms with Crippen LogP contribution in [0.5, 0.6) is 5.75 Å². The molecule has 0 aliphatic rings. The number of carboxylic acids is 1. The van der Waals surface area contributed by atoms with Gasteiger partial charge < -0.3 is 19.9 Å². The zero-order valence-electron chi connectivity index (χ0n) is 18.7. The summed E-state index contributed by atoms with van der Waals surface area (Å²) in [5.74, 6) is -2.03. The summed E-state index contributed by atoms with van der Waals surface area (Å²) in [5.41, 5.74) is 2.01. The van der Waals surface area contributed by atoms with E-state index in [0.29, 0.717) is 28.1 Å². The van der Waals surface area contributed by atoms with Crippen molar-refractivity contribution in [2.24, 2.45) is 0 Å². The maximum atomic E-state index is 13.3. The van der Waals surface area contributed by atoms with Crippen molar-refractivity contribution in [1.29, 1.82) is 0 Å². The van der Waals surface area contributed by atoms with Crippen LogP contribution in [0.15, 0.2) is 77.3 Å². The van der Waals surface area contributed by atoms with Gasteiger partial charge in [-0.1, -0.05) is 41.6 Å². The van der Waals surface area contributed by atoms with E-state index in [4.69, 9.17) is 4.42 Å². The van der Waals surface area contributed by atoms with E-state index in [-0.39, 0.29) is 30.0 Å². The van der Waals surface area contributed by atoms with Gasteiger partial charge in [-0.15, -0.1) is 5.10 Å². The SMILES string of the molecule is O=C(CCn1cc(-c2c(-c3ccccc3)oc3cc(O)c(C(=O)O)cc23)nn1)Nc1cccc(F)c1. The highest BCUT2D eigenvalue weighted by molar-refractivity contribution is 6.05. The molecule has 1 amide bonds. The summed E-state index contributed by atoms with van der Waals surface area (Å²) in [6.07, 6.45) is 1.69. The topological polar surface area (TPSA) is 130 Å². The van der Waals surface area contributed by atoms with Crippen LogP contribution in [-0.2, 0) is 11.3 Å². The first-order chi connectivity index (χ1) is 17.4. The lowest BCUT2D eigenvalue weighted by Crippen LogP contribution is -2.14. The number of carbonyl (C=O) groups excluding carboxylic acids is 1. The van der Waals surface area contributed by atoms with Crippen LogP contribution in [-0.4, -0.2) is 37.1 Å². The number of phenols is 1. The van der Waals surface area contributed by atoms with Crippen molar-refractivity contribution in [2.45, 2.75) is 13.0 Å². The van der Waals surface area contributed by atoms with Crippen LogP contribution in [0.25, 0.3) is 33.6 Å². The van der Waals surface area contributed by atoms with E-state index in [1.807, 2.05) is 30.3 Å². The minimum absolute atomic E-state index is 0.0635. The number of carbonyl (C=O) groups is 2. The summed E-state index contributed by atoms with van der Waals surface area (Å²) in [4.78, 5) is 23.9. The van der Waals surface area contributed by atoms with Crippen LogP contribution in [0, 0.1) is 5.82 Å². The molecular formula is C26H19FN4O5. The third-order valence-corrected chi connectivity index (χ3v) is 5.54. The van der Waals surface area contributed by atoms with E-state index in [1.165, 1.54) is 35.0 Å². The van der Waals surface area contributed by atoms with Gasteiger partial charge in [0.25, 0.3) is 0 Å². The maximum absolute atomic E-state index is 13.3. The van der Waals surface area contributed by atoms with E-state index >= 15 is 0 Å². The number of anilines is 1. The van der Waals surface area contributed by atoms with Gasteiger partial charge in [-0.05, 0) is 24.3 Å². The molecule has 0 spiro atoms. The fourth-order valence-electron chi connectivity index (χ4n) is 3.88. The third-order valence-electron chi connectivity index (χ3n) is 5.54. The van der Waals surface area contributed by atoms with E-state index < -0.39 is 17.5 Å². The number of amides is 1. The molecule has 2 heterocycles. The van der Waals surface area contributed by atoms with Gasteiger partial charge >= 0.3 is 5.97 Å². The lowest BCUT2D eigenvalue weighted by molar-refractivity contribution is -0.116. The minimum Gasteiger partial charge on any atom is -0.507 e. The molecule has 9 nitrogen and oxygen atoms in total. The Kier molecular flexibility index (Phi) is 5.91. The van der Waals surface area contributed by atoms with Gasteiger partial charge in [0.1, 0.15) is 34.2 Å². The van der Waals surface area contributed by atoms with E-state index in [1.54, 1.807) is 12.3 Å².